The minimum atomic E-state index is 0.0126. The molecule has 5 rings (SSSR count). The summed E-state index contributed by atoms with van der Waals surface area (Å²) in [5.41, 5.74) is 4.09. The molecule has 0 atom stereocenters. The molecule has 1 aromatic heterocycles. The van der Waals surface area contributed by atoms with Gasteiger partial charge < -0.3 is 10.2 Å². The van der Waals surface area contributed by atoms with Crippen molar-refractivity contribution in [2.75, 3.05) is 11.4 Å². The SMILES string of the molecule is O=C(CCN(Cc1ccccc1)c1nc(-c2ccccc2)nc2ccccc12)NCc1ccccc1. The number of benzene rings is 4. The average molecular weight is 473 g/mol. The molecule has 0 aliphatic carbocycles. The molecule has 4 aromatic carbocycles. The van der Waals surface area contributed by atoms with Crippen LogP contribution in [0.2, 0.25) is 0 Å². The van der Waals surface area contributed by atoms with Gasteiger partial charge in [-0.05, 0) is 23.3 Å². The molecular formula is C31H28N4O. The Morgan fingerprint density at radius 3 is 2.03 bits per heavy atom. The van der Waals surface area contributed by atoms with Crippen molar-refractivity contribution in [1.82, 2.24) is 15.3 Å². The summed E-state index contributed by atoms with van der Waals surface area (Å²) in [4.78, 5) is 24.8. The number of fused-ring (bicyclic) bond motifs is 1. The Morgan fingerprint density at radius 1 is 0.694 bits per heavy atom. The first-order valence-corrected chi connectivity index (χ1v) is 12.2. The van der Waals surface area contributed by atoms with Gasteiger partial charge in [-0.15, -0.1) is 0 Å². The van der Waals surface area contributed by atoms with Crippen molar-refractivity contribution in [2.24, 2.45) is 0 Å². The van der Waals surface area contributed by atoms with Crippen LogP contribution in [0.25, 0.3) is 22.3 Å². The standard InChI is InChI=1S/C31H28N4O/c36-29(32-22-24-12-4-1-5-13-24)20-21-35(23-25-14-6-2-7-15-25)31-27-18-10-11-19-28(27)33-30(34-31)26-16-8-3-9-17-26/h1-19H,20-23H2,(H,32,36). The van der Waals surface area contributed by atoms with Crippen LogP contribution >= 0.6 is 0 Å². The quantitative estimate of drug-likeness (QED) is 0.285. The van der Waals surface area contributed by atoms with E-state index in [0.29, 0.717) is 31.9 Å². The summed E-state index contributed by atoms with van der Waals surface area (Å²) in [5, 5.41) is 4.02. The van der Waals surface area contributed by atoms with Crippen molar-refractivity contribution in [1.29, 1.82) is 0 Å². The zero-order chi connectivity index (χ0) is 24.6. The molecule has 1 heterocycles. The fraction of sp³-hybridized carbons (Fsp3) is 0.129. The second-order valence-corrected chi connectivity index (χ2v) is 8.67. The first kappa shape index (κ1) is 23.2. The van der Waals surface area contributed by atoms with Gasteiger partial charge in [0.2, 0.25) is 5.91 Å². The molecule has 0 saturated heterocycles. The van der Waals surface area contributed by atoms with E-state index in [0.717, 1.165) is 33.4 Å². The third kappa shape index (κ3) is 5.76. The predicted octanol–water partition coefficient (Wildman–Crippen LogP) is 6.01. The molecule has 0 radical (unpaired) electrons. The number of carbonyl (C=O) groups excluding carboxylic acids is 1. The summed E-state index contributed by atoms with van der Waals surface area (Å²) in [6, 6.07) is 38.3. The van der Waals surface area contributed by atoms with Crippen LogP contribution in [0.5, 0.6) is 0 Å². The van der Waals surface area contributed by atoms with Crippen molar-refractivity contribution >= 4 is 22.6 Å². The van der Waals surface area contributed by atoms with Gasteiger partial charge in [0, 0.05) is 37.0 Å². The molecule has 0 unspecified atom stereocenters. The Hall–Kier alpha value is -4.51. The lowest BCUT2D eigenvalue weighted by Crippen LogP contribution is -2.31. The minimum Gasteiger partial charge on any atom is -0.352 e. The largest absolute Gasteiger partial charge is 0.352 e. The molecule has 5 aromatic rings. The normalized spacial score (nSPS) is 10.8. The average Bonchev–Trinajstić information content (AvgIpc) is 2.95. The van der Waals surface area contributed by atoms with Gasteiger partial charge in [-0.1, -0.05) is 103 Å². The van der Waals surface area contributed by atoms with E-state index in [2.05, 4.69) is 22.3 Å². The zero-order valence-electron chi connectivity index (χ0n) is 20.0. The molecule has 1 N–H and O–H groups in total. The van der Waals surface area contributed by atoms with E-state index < -0.39 is 0 Å². The monoisotopic (exact) mass is 472 g/mol. The van der Waals surface area contributed by atoms with E-state index in [1.807, 2.05) is 103 Å². The summed E-state index contributed by atoms with van der Waals surface area (Å²) in [6.45, 7) is 1.69. The maximum atomic E-state index is 12.8. The molecule has 0 saturated carbocycles. The maximum Gasteiger partial charge on any atom is 0.222 e. The minimum absolute atomic E-state index is 0.0126. The first-order chi connectivity index (χ1) is 17.8. The van der Waals surface area contributed by atoms with Crippen LogP contribution in [0.15, 0.2) is 115 Å². The number of amides is 1. The molecule has 1 amide bonds. The van der Waals surface area contributed by atoms with Crippen molar-refractivity contribution in [3.05, 3.63) is 126 Å². The van der Waals surface area contributed by atoms with Crippen molar-refractivity contribution in [3.8, 4) is 11.4 Å². The Morgan fingerprint density at radius 2 is 1.31 bits per heavy atom. The molecule has 0 fully saturated rings. The Balaban J connectivity index is 1.45. The molecule has 36 heavy (non-hydrogen) atoms. The predicted molar refractivity (Wildman–Crippen MR) is 145 cm³/mol. The van der Waals surface area contributed by atoms with Crippen LogP contribution in [-0.4, -0.2) is 22.4 Å². The topological polar surface area (TPSA) is 58.1 Å². The third-order valence-electron chi connectivity index (χ3n) is 6.07. The molecule has 178 valence electrons. The molecular weight excluding hydrogens is 444 g/mol. The highest BCUT2D eigenvalue weighted by Gasteiger charge is 2.17. The molecule has 0 spiro atoms. The van der Waals surface area contributed by atoms with Crippen LogP contribution in [-0.2, 0) is 17.9 Å². The number of aromatic nitrogens is 2. The van der Waals surface area contributed by atoms with E-state index in [1.165, 1.54) is 0 Å². The zero-order valence-corrected chi connectivity index (χ0v) is 20.0. The summed E-state index contributed by atoms with van der Waals surface area (Å²) in [7, 11) is 0. The smallest absolute Gasteiger partial charge is 0.222 e. The lowest BCUT2D eigenvalue weighted by atomic mass is 10.1. The maximum absolute atomic E-state index is 12.8. The molecule has 0 bridgehead atoms. The fourth-order valence-electron chi connectivity index (χ4n) is 4.20. The highest BCUT2D eigenvalue weighted by Crippen LogP contribution is 2.28. The van der Waals surface area contributed by atoms with E-state index in [1.54, 1.807) is 0 Å². The van der Waals surface area contributed by atoms with Gasteiger partial charge in [0.15, 0.2) is 5.82 Å². The summed E-state index contributed by atoms with van der Waals surface area (Å²) in [5.74, 6) is 1.52. The van der Waals surface area contributed by atoms with Gasteiger partial charge in [0.25, 0.3) is 0 Å². The lowest BCUT2D eigenvalue weighted by molar-refractivity contribution is -0.121. The third-order valence-corrected chi connectivity index (χ3v) is 6.07. The van der Waals surface area contributed by atoms with Gasteiger partial charge in [0.1, 0.15) is 5.82 Å². The summed E-state index contributed by atoms with van der Waals surface area (Å²) in [6.07, 6.45) is 0.360. The Kier molecular flexibility index (Phi) is 7.28. The number of hydrogen-bond acceptors (Lipinski definition) is 4. The van der Waals surface area contributed by atoms with Crippen LogP contribution in [0.3, 0.4) is 0 Å². The Bertz CT molecular complexity index is 1420. The van der Waals surface area contributed by atoms with E-state index >= 15 is 0 Å². The second kappa shape index (κ2) is 11.3. The van der Waals surface area contributed by atoms with E-state index in [9.17, 15) is 4.79 Å². The van der Waals surface area contributed by atoms with Gasteiger partial charge in [-0.25, -0.2) is 9.97 Å². The van der Waals surface area contributed by atoms with Crippen LogP contribution in [0.1, 0.15) is 17.5 Å². The molecule has 0 aliphatic heterocycles. The van der Waals surface area contributed by atoms with Crippen LogP contribution in [0.4, 0.5) is 5.82 Å². The lowest BCUT2D eigenvalue weighted by Gasteiger charge is -2.25. The van der Waals surface area contributed by atoms with Crippen molar-refractivity contribution in [3.63, 3.8) is 0 Å². The van der Waals surface area contributed by atoms with Crippen molar-refractivity contribution < 1.29 is 4.79 Å². The fourth-order valence-corrected chi connectivity index (χ4v) is 4.20. The van der Waals surface area contributed by atoms with Crippen LogP contribution in [0, 0.1) is 0 Å². The number of para-hydroxylation sites is 1. The van der Waals surface area contributed by atoms with E-state index in [4.69, 9.17) is 9.97 Å². The number of carbonyl (C=O) groups is 1. The van der Waals surface area contributed by atoms with Gasteiger partial charge in [0.05, 0.1) is 5.52 Å². The molecule has 5 nitrogen and oxygen atoms in total. The van der Waals surface area contributed by atoms with Gasteiger partial charge in [-0.2, -0.15) is 0 Å². The number of nitrogens with one attached hydrogen (secondary N) is 1. The number of anilines is 1. The highest BCUT2D eigenvalue weighted by atomic mass is 16.1. The van der Waals surface area contributed by atoms with Gasteiger partial charge >= 0.3 is 0 Å². The van der Waals surface area contributed by atoms with Crippen LogP contribution < -0.4 is 10.2 Å². The van der Waals surface area contributed by atoms with E-state index in [-0.39, 0.29) is 5.91 Å². The van der Waals surface area contributed by atoms with Crippen molar-refractivity contribution in [2.45, 2.75) is 19.5 Å². The summed E-state index contributed by atoms with van der Waals surface area (Å²) >= 11 is 0. The molecule has 5 heteroatoms. The highest BCUT2D eigenvalue weighted by molar-refractivity contribution is 5.91. The number of rotatable bonds is 9. The second-order valence-electron chi connectivity index (χ2n) is 8.67. The number of hydrogen-bond donors (Lipinski definition) is 1. The number of nitrogens with zero attached hydrogens (tertiary/aromatic N) is 3. The Labute approximate surface area is 211 Å². The molecule has 0 aliphatic rings. The van der Waals surface area contributed by atoms with Gasteiger partial charge in [-0.3, -0.25) is 4.79 Å². The first-order valence-electron chi connectivity index (χ1n) is 12.2. The summed E-state index contributed by atoms with van der Waals surface area (Å²) < 4.78 is 0.